The van der Waals surface area contributed by atoms with Gasteiger partial charge in [0.15, 0.2) is 0 Å². The molecule has 0 aliphatic rings. The fourth-order valence-electron chi connectivity index (χ4n) is 1.80. The van der Waals surface area contributed by atoms with Gasteiger partial charge in [-0.05, 0) is 29.8 Å². The normalized spacial score (nSPS) is 9.76. The maximum atomic E-state index is 12.0. The second-order valence-electron chi connectivity index (χ2n) is 4.38. The zero-order chi connectivity index (χ0) is 15.2. The third kappa shape index (κ3) is 3.98. The number of ether oxygens (including phenoxy) is 1. The first-order chi connectivity index (χ1) is 10.1. The summed E-state index contributed by atoms with van der Waals surface area (Å²) in [5, 5.41) is 11.9. The Hall–Kier alpha value is -2.51. The molecule has 0 aromatic heterocycles. The minimum absolute atomic E-state index is 0.185. The fraction of sp³-hybridized carbons (Fsp3) is 0.125. The van der Waals surface area contributed by atoms with E-state index in [4.69, 9.17) is 21.6 Å². The zero-order valence-corrected chi connectivity index (χ0v) is 12.1. The molecule has 1 N–H and O–H groups in total. The fourth-order valence-corrected chi connectivity index (χ4v) is 1.97. The summed E-state index contributed by atoms with van der Waals surface area (Å²) in [5.41, 5.74) is 1.90. The molecular formula is C16H13ClN2O2. The molecule has 0 saturated heterocycles. The van der Waals surface area contributed by atoms with E-state index in [2.05, 4.69) is 5.32 Å². The van der Waals surface area contributed by atoms with Gasteiger partial charge in [-0.2, -0.15) is 5.26 Å². The van der Waals surface area contributed by atoms with Crippen LogP contribution >= 0.6 is 11.6 Å². The number of hydrogen-bond acceptors (Lipinski definition) is 3. The molecule has 2 rings (SSSR count). The number of nitrogens with one attached hydrogen (secondary N) is 1. The number of benzene rings is 2. The standard InChI is InChI=1S/C16H13ClN2O2/c1-21-13-6-7-14(17)15(9-13)19-16(20)8-11-2-4-12(10-18)5-3-11/h2-7,9H,8H2,1H3,(H,19,20). The first kappa shape index (κ1) is 14.9. The number of anilines is 1. The third-order valence-electron chi connectivity index (χ3n) is 2.90. The van der Waals surface area contributed by atoms with Gasteiger partial charge >= 0.3 is 0 Å². The van der Waals surface area contributed by atoms with Gasteiger partial charge in [0, 0.05) is 6.07 Å². The number of methoxy groups -OCH3 is 1. The van der Waals surface area contributed by atoms with Crippen LogP contribution in [0.3, 0.4) is 0 Å². The highest BCUT2D eigenvalue weighted by atomic mass is 35.5. The Balaban J connectivity index is 2.06. The molecular weight excluding hydrogens is 288 g/mol. The second-order valence-corrected chi connectivity index (χ2v) is 4.79. The van der Waals surface area contributed by atoms with E-state index in [0.29, 0.717) is 22.0 Å². The van der Waals surface area contributed by atoms with Crippen LogP contribution in [0.1, 0.15) is 11.1 Å². The van der Waals surface area contributed by atoms with E-state index in [0.717, 1.165) is 5.56 Å². The lowest BCUT2D eigenvalue weighted by Gasteiger charge is -2.09. The number of amides is 1. The first-order valence-electron chi connectivity index (χ1n) is 6.25. The number of nitrogens with zero attached hydrogens (tertiary/aromatic N) is 1. The van der Waals surface area contributed by atoms with Gasteiger partial charge in [-0.15, -0.1) is 0 Å². The summed E-state index contributed by atoms with van der Waals surface area (Å²) in [7, 11) is 1.55. The average Bonchev–Trinajstić information content (AvgIpc) is 2.50. The predicted molar refractivity (Wildman–Crippen MR) is 81.5 cm³/mol. The van der Waals surface area contributed by atoms with E-state index in [9.17, 15) is 4.79 Å². The lowest BCUT2D eigenvalue weighted by Crippen LogP contribution is -2.14. The van der Waals surface area contributed by atoms with Crippen molar-refractivity contribution in [2.75, 3.05) is 12.4 Å². The van der Waals surface area contributed by atoms with Crippen molar-refractivity contribution in [2.45, 2.75) is 6.42 Å². The average molecular weight is 301 g/mol. The van der Waals surface area contributed by atoms with Gasteiger partial charge in [0.25, 0.3) is 0 Å². The van der Waals surface area contributed by atoms with Gasteiger partial charge in [-0.1, -0.05) is 23.7 Å². The quantitative estimate of drug-likeness (QED) is 0.941. The first-order valence-corrected chi connectivity index (χ1v) is 6.62. The molecule has 0 aliphatic carbocycles. The Kier molecular flexibility index (Phi) is 4.81. The molecule has 21 heavy (non-hydrogen) atoms. The Morgan fingerprint density at radius 1 is 1.29 bits per heavy atom. The minimum Gasteiger partial charge on any atom is -0.497 e. The molecule has 0 bridgehead atoms. The highest BCUT2D eigenvalue weighted by Gasteiger charge is 2.08. The molecule has 1 amide bonds. The van der Waals surface area contributed by atoms with Gasteiger partial charge in [0.2, 0.25) is 5.91 Å². The van der Waals surface area contributed by atoms with E-state index in [1.54, 1.807) is 49.6 Å². The Bertz CT molecular complexity index is 690. The molecule has 106 valence electrons. The van der Waals surface area contributed by atoms with Crippen LogP contribution in [0.15, 0.2) is 42.5 Å². The van der Waals surface area contributed by atoms with Crippen molar-refractivity contribution in [3.05, 3.63) is 58.6 Å². The summed E-state index contributed by atoms with van der Waals surface area (Å²) in [6.45, 7) is 0. The Labute approximate surface area is 127 Å². The largest absolute Gasteiger partial charge is 0.497 e. The van der Waals surface area contributed by atoms with E-state index < -0.39 is 0 Å². The Morgan fingerprint density at radius 2 is 2.00 bits per heavy atom. The minimum atomic E-state index is -0.185. The van der Waals surface area contributed by atoms with Crippen LogP contribution < -0.4 is 10.1 Å². The lowest BCUT2D eigenvalue weighted by atomic mass is 10.1. The van der Waals surface area contributed by atoms with Gasteiger partial charge in [-0.25, -0.2) is 0 Å². The summed E-state index contributed by atoms with van der Waals surface area (Å²) in [5.74, 6) is 0.433. The molecule has 0 atom stereocenters. The highest BCUT2D eigenvalue weighted by Crippen LogP contribution is 2.26. The van der Waals surface area contributed by atoms with Gasteiger partial charge < -0.3 is 10.1 Å². The summed E-state index contributed by atoms with van der Waals surface area (Å²) < 4.78 is 5.09. The van der Waals surface area contributed by atoms with Crippen LogP contribution in [0.5, 0.6) is 5.75 Å². The van der Waals surface area contributed by atoms with Crippen LogP contribution in [0.2, 0.25) is 5.02 Å². The molecule has 0 aliphatic heterocycles. The van der Waals surface area contributed by atoms with Crippen LogP contribution in [-0.4, -0.2) is 13.0 Å². The smallest absolute Gasteiger partial charge is 0.228 e. The number of nitriles is 1. The zero-order valence-electron chi connectivity index (χ0n) is 11.4. The molecule has 4 nitrogen and oxygen atoms in total. The third-order valence-corrected chi connectivity index (χ3v) is 3.22. The Morgan fingerprint density at radius 3 is 2.62 bits per heavy atom. The van der Waals surface area contributed by atoms with E-state index >= 15 is 0 Å². The summed E-state index contributed by atoms with van der Waals surface area (Å²) in [6.07, 6.45) is 0.208. The summed E-state index contributed by atoms with van der Waals surface area (Å²) in [6, 6.07) is 14.0. The van der Waals surface area contributed by atoms with E-state index in [-0.39, 0.29) is 12.3 Å². The number of halogens is 1. The number of rotatable bonds is 4. The molecule has 0 spiro atoms. The second kappa shape index (κ2) is 6.78. The lowest BCUT2D eigenvalue weighted by molar-refractivity contribution is -0.115. The van der Waals surface area contributed by atoms with Crippen molar-refractivity contribution in [3.63, 3.8) is 0 Å². The van der Waals surface area contributed by atoms with Crippen molar-refractivity contribution < 1.29 is 9.53 Å². The topological polar surface area (TPSA) is 62.1 Å². The van der Waals surface area contributed by atoms with Crippen LogP contribution in [0.4, 0.5) is 5.69 Å². The van der Waals surface area contributed by atoms with Gasteiger partial charge in [0.05, 0.1) is 35.9 Å². The monoisotopic (exact) mass is 300 g/mol. The van der Waals surface area contributed by atoms with E-state index in [1.165, 1.54) is 0 Å². The number of carbonyl (C=O) groups excluding carboxylic acids is 1. The maximum absolute atomic E-state index is 12.0. The molecule has 5 heteroatoms. The SMILES string of the molecule is COc1ccc(Cl)c(NC(=O)Cc2ccc(C#N)cc2)c1. The van der Waals surface area contributed by atoms with Gasteiger partial charge in [-0.3, -0.25) is 4.79 Å². The molecule has 0 fully saturated rings. The molecule has 0 unspecified atom stereocenters. The molecule has 0 radical (unpaired) electrons. The summed E-state index contributed by atoms with van der Waals surface area (Å²) in [4.78, 5) is 12.0. The summed E-state index contributed by atoms with van der Waals surface area (Å²) >= 11 is 6.03. The molecule has 2 aromatic rings. The van der Waals surface area contributed by atoms with Crippen molar-refractivity contribution >= 4 is 23.2 Å². The molecule has 2 aromatic carbocycles. The van der Waals surface area contributed by atoms with Crippen molar-refractivity contribution in [3.8, 4) is 11.8 Å². The van der Waals surface area contributed by atoms with Crippen LogP contribution in [0.25, 0.3) is 0 Å². The number of hydrogen-bond donors (Lipinski definition) is 1. The van der Waals surface area contributed by atoms with Crippen LogP contribution in [-0.2, 0) is 11.2 Å². The van der Waals surface area contributed by atoms with E-state index in [1.807, 2.05) is 6.07 Å². The molecule has 0 saturated carbocycles. The van der Waals surface area contributed by atoms with Crippen LogP contribution in [0, 0.1) is 11.3 Å². The van der Waals surface area contributed by atoms with Crippen molar-refractivity contribution in [1.29, 1.82) is 5.26 Å². The predicted octanol–water partition coefficient (Wildman–Crippen LogP) is 3.40. The maximum Gasteiger partial charge on any atom is 0.228 e. The highest BCUT2D eigenvalue weighted by molar-refractivity contribution is 6.33. The van der Waals surface area contributed by atoms with Crippen molar-refractivity contribution in [1.82, 2.24) is 0 Å². The van der Waals surface area contributed by atoms with Gasteiger partial charge in [0.1, 0.15) is 5.75 Å². The van der Waals surface area contributed by atoms with Crippen molar-refractivity contribution in [2.24, 2.45) is 0 Å². The number of carbonyl (C=O) groups is 1. The molecule has 0 heterocycles.